The molecule has 0 aliphatic carbocycles. The minimum absolute atomic E-state index is 0.204. The van der Waals surface area contributed by atoms with Crippen molar-refractivity contribution in [1.82, 2.24) is 4.90 Å². The maximum Gasteiger partial charge on any atom is 0.338 e. The van der Waals surface area contributed by atoms with E-state index in [0.717, 1.165) is 0 Å². The lowest BCUT2D eigenvalue weighted by atomic mass is 10.1. The summed E-state index contributed by atoms with van der Waals surface area (Å²) in [7, 11) is 0. The van der Waals surface area contributed by atoms with Crippen LogP contribution in [0.3, 0.4) is 0 Å². The van der Waals surface area contributed by atoms with Gasteiger partial charge in [-0.3, -0.25) is 24.1 Å². The summed E-state index contributed by atoms with van der Waals surface area (Å²) in [6.07, 6.45) is 0.690. The van der Waals surface area contributed by atoms with Crippen LogP contribution in [0.5, 0.6) is 0 Å². The van der Waals surface area contributed by atoms with Gasteiger partial charge in [-0.15, -0.1) is 0 Å². The Morgan fingerprint density at radius 3 is 1.91 bits per heavy atom. The Bertz CT molecular complexity index is 1180. The van der Waals surface area contributed by atoms with E-state index in [2.05, 4.69) is 5.32 Å². The molecule has 0 fully saturated rings. The van der Waals surface area contributed by atoms with Crippen LogP contribution in [0.1, 0.15) is 44.4 Å². The lowest BCUT2D eigenvalue weighted by Gasteiger charge is -2.13. The number of hydrogen-bond acceptors (Lipinski definition) is 7. The fraction of sp³-hybridized carbons (Fsp3) is 0.227. The Kier molecular flexibility index (Phi) is 8.60. The number of carbonyl (C=O) groups excluding carboxylic acids is 5. The molecule has 3 rings (SSSR count). The van der Waals surface area contributed by atoms with E-state index in [1.807, 2.05) is 6.92 Å². The third-order valence-corrected chi connectivity index (χ3v) is 6.48. The zero-order valence-corrected chi connectivity index (χ0v) is 21.0. The van der Waals surface area contributed by atoms with Crippen LogP contribution >= 0.6 is 46.4 Å². The molecule has 0 atom stereocenters. The number of fused-ring (bicyclic) bond motifs is 1. The number of esters is 2. The predicted octanol–water partition coefficient (Wildman–Crippen LogP) is 4.64. The summed E-state index contributed by atoms with van der Waals surface area (Å²) in [5, 5.41) is 1.53. The largest absolute Gasteiger partial charge is 0.462 e. The molecule has 0 unspecified atom stereocenters. The monoisotopic (exact) mass is 560 g/mol. The molecule has 184 valence electrons. The second kappa shape index (κ2) is 11.3. The van der Waals surface area contributed by atoms with Gasteiger partial charge in [-0.25, -0.2) is 4.79 Å². The summed E-state index contributed by atoms with van der Waals surface area (Å²) >= 11 is 24.0. The molecule has 0 spiro atoms. The molecule has 1 N–H and O–H groups in total. The summed E-state index contributed by atoms with van der Waals surface area (Å²) < 4.78 is 9.87. The van der Waals surface area contributed by atoms with E-state index in [0.29, 0.717) is 29.2 Å². The van der Waals surface area contributed by atoms with E-state index in [9.17, 15) is 24.0 Å². The van der Waals surface area contributed by atoms with Gasteiger partial charge in [0.1, 0.15) is 6.54 Å². The van der Waals surface area contributed by atoms with Crippen LogP contribution in [0.15, 0.2) is 24.3 Å². The number of amides is 3. The fourth-order valence-corrected chi connectivity index (χ4v) is 4.04. The minimum Gasteiger partial charge on any atom is -0.462 e. The molecule has 3 amide bonds. The molecule has 1 aliphatic rings. The number of carbonyl (C=O) groups is 5. The molecule has 1 heterocycles. The van der Waals surface area contributed by atoms with Crippen LogP contribution in [0.2, 0.25) is 20.1 Å². The van der Waals surface area contributed by atoms with Crippen molar-refractivity contribution >= 4 is 81.8 Å². The highest BCUT2D eigenvalue weighted by atomic mass is 35.5. The highest BCUT2D eigenvalue weighted by molar-refractivity contribution is 6.55. The number of ether oxygens (including phenoxy) is 2. The number of nitrogens with one attached hydrogen (secondary N) is 1. The number of nitrogens with zero attached hydrogens (tertiary/aromatic N) is 1. The van der Waals surface area contributed by atoms with Crippen molar-refractivity contribution in [2.24, 2.45) is 0 Å². The molecular formula is C22H16Cl4N2O7. The van der Waals surface area contributed by atoms with Crippen LogP contribution in [-0.4, -0.2) is 54.3 Å². The van der Waals surface area contributed by atoms with E-state index < -0.39 is 42.8 Å². The molecule has 0 aromatic heterocycles. The molecule has 2 aromatic rings. The first kappa shape index (κ1) is 26.7. The van der Waals surface area contributed by atoms with E-state index >= 15 is 0 Å². The van der Waals surface area contributed by atoms with Crippen molar-refractivity contribution in [3.05, 3.63) is 61.0 Å². The van der Waals surface area contributed by atoms with E-state index in [1.165, 1.54) is 24.3 Å². The average molecular weight is 562 g/mol. The van der Waals surface area contributed by atoms with E-state index in [-0.39, 0.29) is 31.2 Å². The van der Waals surface area contributed by atoms with Gasteiger partial charge < -0.3 is 14.8 Å². The average Bonchev–Trinajstić information content (AvgIpc) is 3.08. The standard InChI is InChI=1S/C22H16Cl4N2O7/c1-2-7-34-22(33)10-3-5-11(6-4-10)27-12(29)9-35-13(30)8-28-20(31)14-15(21(28)32)17(24)19(26)18(25)16(14)23/h3-6H,2,7-9H2,1H3,(H,27,29). The van der Waals surface area contributed by atoms with Crippen LogP contribution in [0.4, 0.5) is 5.69 Å². The molecule has 2 aromatic carbocycles. The zero-order chi connectivity index (χ0) is 25.9. The summed E-state index contributed by atoms with van der Waals surface area (Å²) in [6.45, 7) is 0.679. The van der Waals surface area contributed by atoms with Gasteiger partial charge >= 0.3 is 11.9 Å². The highest BCUT2D eigenvalue weighted by Gasteiger charge is 2.42. The van der Waals surface area contributed by atoms with Crippen LogP contribution in [0.25, 0.3) is 0 Å². The maximum absolute atomic E-state index is 12.6. The van der Waals surface area contributed by atoms with Gasteiger partial charge in [0.05, 0.1) is 43.4 Å². The van der Waals surface area contributed by atoms with E-state index in [4.69, 9.17) is 55.9 Å². The van der Waals surface area contributed by atoms with Gasteiger partial charge in [0.25, 0.3) is 17.7 Å². The quantitative estimate of drug-likeness (QED) is 0.216. The second-order valence-electron chi connectivity index (χ2n) is 7.12. The highest BCUT2D eigenvalue weighted by Crippen LogP contribution is 2.44. The van der Waals surface area contributed by atoms with Gasteiger partial charge in [0.2, 0.25) is 0 Å². The number of benzene rings is 2. The second-order valence-corrected chi connectivity index (χ2v) is 8.64. The summed E-state index contributed by atoms with van der Waals surface area (Å²) in [6, 6.07) is 5.89. The van der Waals surface area contributed by atoms with E-state index in [1.54, 1.807) is 0 Å². The van der Waals surface area contributed by atoms with Crippen LogP contribution < -0.4 is 5.32 Å². The third kappa shape index (κ3) is 5.70. The molecule has 35 heavy (non-hydrogen) atoms. The smallest absolute Gasteiger partial charge is 0.338 e. The topological polar surface area (TPSA) is 119 Å². The number of imide groups is 1. The zero-order valence-electron chi connectivity index (χ0n) is 18.0. The van der Waals surface area contributed by atoms with Crippen LogP contribution in [0, 0.1) is 0 Å². The van der Waals surface area contributed by atoms with Gasteiger partial charge in [-0.1, -0.05) is 53.3 Å². The molecule has 0 bridgehead atoms. The molecular weight excluding hydrogens is 546 g/mol. The summed E-state index contributed by atoms with van der Waals surface area (Å²) in [5.41, 5.74) is 0.107. The first-order chi connectivity index (χ1) is 16.6. The van der Waals surface area contributed by atoms with Crippen molar-refractivity contribution in [2.75, 3.05) is 25.1 Å². The minimum atomic E-state index is -1.03. The maximum atomic E-state index is 12.6. The number of hydrogen-bond donors (Lipinski definition) is 1. The number of anilines is 1. The Morgan fingerprint density at radius 1 is 0.857 bits per heavy atom. The Labute approximate surface area is 219 Å². The first-order valence-electron chi connectivity index (χ1n) is 10.0. The fourth-order valence-electron chi connectivity index (χ4n) is 3.02. The molecule has 13 heteroatoms. The Hall–Kier alpha value is -2.85. The molecule has 1 aliphatic heterocycles. The SMILES string of the molecule is CCCOC(=O)c1ccc(NC(=O)COC(=O)CN2C(=O)c3c(Cl)c(Cl)c(Cl)c(Cl)c3C2=O)cc1. The van der Waals surface area contributed by atoms with Gasteiger partial charge in [-0.05, 0) is 30.7 Å². The number of halogens is 4. The van der Waals surface area contributed by atoms with Gasteiger partial charge in [-0.2, -0.15) is 0 Å². The number of rotatable bonds is 8. The van der Waals surface area contributed by atoms with Crippen molar-refractivity contribution in [2.45, 2.75) is 13.3 Å². The Morgan fingerprint density at radius 2 is 1.40 bits per heavy atom. The van der Waals surface area contributed by atoms with Crippen molar-refractivity contribution in [3.8, 4) is 0 Å². The molecule has 0 saturated carbocycles. The lowest BCUT2D eigenvalue weighted by molar-refractivity contribution is -0.147. The summed E-state index contributed by atoms with van der Waals surface area (Å²) in [4.78, 5) is 61.9. The predicted molar refractivity (Wildman–Crippen MR) is 128 cm³/mol. The lowest BCUT2D eigenvalue weighted by Crippen LogP contribution is -2.36. The van der Waals surface area contributed by atoms with Crippen molar-refractivity contribution < 1.29 is 33.4 Å². The van der Waals surface area contributed by atoms with Crippen LogP contribution in [-0.2, 0) is 19.1 Å². The Balaban J connectivity index is 1.56. The normalized spacial score (nSPS) is 12.4. The van der Waals surface area contributed by atoms with Crippen molar-refractivity contribution in [3.63, 3.8) is 0 Å². The molecule has 0 radical (unpaired) electrons. The molecule has 9 nitrogen and oxygen atoms in total. The van der Waals surface area contributed by atoms with Gasteiger partial charge in [0, 0.05) is 5.69 Å². The summed E-state index contributed by atoms with van der Waals surface area (Å²) in [5.74, 6) is -4.03. The molecule has 0 saturated heterocycles. The first-order valence-corrected chi connectivity index (χ1v) is 11.5. The van der Waals surface area contributed by atoms with Crippen molar-refractivity contribution in [1.29, 1.82) is 0 Å². The van der Waals surface area contributed by atoms with Gasteiger partial charge in [0.15, 0.2) is 6.61 Å². The third-order valence-electron chi connectivity index (χ3n) is 4.68.